The van der Waals surface area contributed by atoms with Gasteiger partial charge in [-0.3, -0.25) is 10.1 Å². The number of benzene rings is 3. The minimum absolute atomic E-state index is 0.123. The van der Waals surface area contributed by atoms with E-state index in [9.17, 15) is 14.0 Å². The van der Waals surface area contributed by atoms with Gasteiger partial charge in [-0.05, 0) is 99.8 Å². The summed E-state index contributed by atoms with van der Waals surface area (Å²) in [6.07, 6.45) is 0.199. The summed E-state index contributed by atoms with van der Waals surface area (Å²) >= 11 is 6.26. The number of anilines is 1. The van der Waals surface area contributed by atoms with Crippen LogP contribution in [0.5, 0.6) is 0 Å². The Hall–Kier alpha value is -3.62. The van der Waals surface area contributed by atoms with E-state index >= 15 is 0 Å². The molecule has 0 fully saturated rings. The molecular weight excluding hydrogens is 465 g/mol. The predicted molar refractivity (Wildman–Crippen MR) is 138 cm³/mol. The summed E-state index contributed by atoms with van der Waals surface area (Å²) in [6.45, 7) is 7.30. The monoisotopic (exact) mass is 491 g/mol. The Morgan fingerprint density at radius 3 is 2.29 bits per heavy atom. The third-order valence-corrected chi connectivity index (χ3v) is 5.40. The topological polar surface area (TPSA) is 55.4 Å². The first kappa shape index (κ1) is 26.0. The molecule has 0 atom stereocenters. The summed E-state index contributed by atoms with van der Waals surface area (Å²) < 4.78 is 18.3. The second-order valence-corrected chi connectivity index (χ2v) is 9.55. The maximum absolute atomic E-state index is 13.0. The molecule has 3 rings (SSSR count). The number of hydrogen-bond acceptors (Lipinski definition) is 3. The fourth-order valence-electron chi connectivity index (χ4n) is 3.35. The minimum Gasteiger partial charge on any atom is -0.444 e. The van der Waals surface area contributed by atoms with Crippen LogP contribution in [-0.2, 0) is 11.2 Å². The minimum atomic E-state index is -0.630. The van der Waals surface area contributed by atoms with Crippen LogP contribution in [0, 0.1) is 24.6 Å². The molecule has 0 aromatic heterocycles. The van der Waals surface area contributed by atoms with Crippen LogP contribution in [0.3, 0.4) is 0 Å². The fraction of sp³-hybridized carbons (Fsp3) is 0.241. The molecule has 0 unspecified atom stereocenters. The maximum atomic E-state index is 13.0. The van der Waals surface area contributed by atoms with E-state index < -0.39 is 11.7 Å². The Labute approximate surface area is 210 Å². The number of rotatable bonds is 5. The Morgan fingerprint density at radius 1 is 0.971 bits per heavy atom. The highest BCUT2D eigenvalue weighted by Gasteiger charge is 2.18. The van der Waals surface area contributed by atoms with Crippen molar-refractivity contribution < 1.29 is 18.7 Å². The van der Waals surface area contributed by atoms with Gasteiger partial charge in [-0.15, -0.1) is 0 Å². The number of carbonyl (C=O) groups is 2. The Bertz CT molecular complexity index is 1300. The van der Waals surface area contributed by atoms with Crippen molar-refractivity contribution in [3.8, 4) is 11.8 Å². The van der Waals surface area contributed by atoms with Gasteiger partial charge in [-0.2, -0.15) is 0 Å². The van der Waals surface area contributed by atoms with Crippen molar-refractivity contribution >= 4 is 29.2 Å². The van der Waals surface area contributed by atoms with Crippen LogP contribution < -0.4 is 5.32 Å². The highest BCUT2D eigenvalue weighted by atomic mass is 35.5. The van der Waals surface area contributed by atoms with E-state index in [4.69, 9.17) is 16.3 Å². The number of ketones is 1. The Kier molecular flexibility index (Phi) is 8.32. The Morgan fingerprint density at radius 2 is 1.63 bits per heavy atom. The number of ether oxygens (including phenoxy) is 1. The van der Waals surface area contributed by atoms with Gasteiger partial charge < -0.3 is 4.74 Å². The highest BCUT2D eigenvalue weighted by Crippen LogP contribution is 2.24. The highest BCUT2D eigenvalue weighted by molar-refractivity contribution is 6.34. The molecule has 6 heteroatoms. The van der Waals surface area contributed by atoms with Gasteiger partial charge in [-0.25, -0.2) is 9.18 Å². The first-order valence-electron chi connectivity index (χ1n) is 11.2. The molecule has 0 saturated carbocycles. The first-order chi connectivity index (χ1) is 16.5. The van der Waals surface area contributed by atoms with Gasteiger partial charge >= 0.3 is 6.09 Å². The van der Waals surface area contributed by atoms with E-state index in [1.54, 1.807) is 51.1 Å². The number of nitrogens with one attached hydrogen (secondary N) is 1. The third-order valence-electron chi connectivity index (χ3n) is 5.07. The number of halogens is 2. The van der Waals surface area contributed by atoms with Crippen LogP contribution in [-0.4, -0.2) is 17.5 Å². The predicted octanol–water partition coefficient (Wildman–Crippen LogP) is 7.35. The van der Waals surface area contributed by atoms with Crippen molar-refractivity contribution in [3.05, 3.63) is 99.3 Å². The maximum Gasteiger partial charge on any atom is 0.412 e. The van der Waals surface area contributed by atoms with Crippen molar-refractivity contribution in [2.75, 3.05) is 5.32 Å². The lowest BCUT2D eigenvalue weighted by molar-refractivity contribution is 0.0635. The van der Waals surface area contributed by atoms with Crippen LogP contribution in [0.15, 0.2) is 60.7 Å². The normalized spacial score (nSPS) is 10.8. The number of amides is 1. The van der Waals surface area contributed by atoms with Crippen molar-refractivity contribution in [2.24, 2.45) is 0 Å². The fourth-order valence-corrected chi connectivity index (χ4v) is 3.58. The molecule has 4 nitrogen and oxygen atoms in total. The lowest BCUT2D eigenvalue weighted by Gasteiger charge is -2.19. The number of Topliss-reactive ketones (excluding diaryl/α,β-unsaturated/α-hetero) is 1. The molecule has 0 aliphatic carbocycles. The summed E-state index contributed by atoms with van der Waals surface area (Å²) in [4.78, 5) is 24.9. The van der Waals surface area contributed by atoms with E-state index in [1.807, 2.05) is 25.1 Å². The van der Waals surface area contributed by atoms with Gasteiger partial charge in [0.25, 0.3) is 0 Å². The zero-order valence-corrected chi connectivity index (χ0v) is 20.9. The zero-order chi connectivity index (χ0) is 25.6. The van der Waals surface area contributed by atoms with E-state index in [0.29, 0.717) is 22.7 Å². The molecule has 0 saturated heterocycles. The van der Waals surface area contributed by atoms with Gasteiger partial charge in [0.15, 0.2) is 5.78 Å². The van der Waals surface area contributed by atoms with Gasteiger partial charge in [0.2, 0.25) is 0 Å². The van der Waals surface area contributed by atoms with Crippen LogP contribution in [0.25, 0.3) is 0 Å². The summed E-state index contributed by atoms with van der Waals surface area (Å²) in [7, 11) is 0. The second kappa shape index (κ2) is 11.2. The Balaban J connectivity index is 1.65. The molecule has 35 heavy (non-hydrogen) atoms. The SMILES string of the molecule is Cc1cc(C#Cc2ccc(F)cc2)ccc1CCC(=O)c1cc(NC(=O)OC(C)(C)C)ccc1Cl. The first-order valence-corrected chi connectivity index (χ1v) is 11.6. The van der Waals surface area contributed by atoms with Crippen LogP contribution in [0.2, 0.25) is 5.02 Å². The zero-order valence-electron chi connectivity index (χ0n) is 20.2. The summed E-state index contributed by atoms with van der Waals surface area (Å²) in [5, 5.41) is 2.96. The smallest absolute Gasteiger partial charge is 0.412 e. The molecule has 0 heterocycles. The van der Waals surface area contributed by atoms with Gasteiger partial charge in [-0.1, -0.05) is 29.5 Å². The second-order valence-electron chi connectivity index (χ2n) is 9.14. The number of hydrogen-bond donors (Lipinski definition) is 1. The summed E-state index contributed by atoms with van der Waals surface area (Å²) in [5.41, 5.74) is 3.78. The molecule has 3 aromatic rings. The largest absolute Gasteiger partial charge is 0.444 e. The van der Waals surface area contributed by atoms with E-state index in [1.165, 1.54) is 12.1 Å². The molecule has 180 valence electrons. The van der Waals surface area contributed by atoms with Crippen LogP contribution in [0.4, 0.5) is 14.9 Å². The summed E-state index contributed by atoms with van der Waals surface area (Å²) in [5.74, 6) is 5.68. The van der Waals surface area contributed by atoms with Crippen molar-refractivity contribution in [1.29, 1.82) is 0 Å². The lowest BCUT2D eigenvalue weighted by Crippen LogP contribution is -2.27. The van der Waals surface area contributed by atoms with Crippen LogP contribution in [0.1, 0.15) is 59.8 Å². The van der Waals surface area contributed by atoms with Gasteiger partial charge in [0, 0.05) is 28.8 Å². The van der Waals surface area contributed by atoms with E-state index in [2.05, 4.69) is 17.2 Å². The van der Waals surface area contributed by atoms with Gasteiger partial charge in [0.1, 0.15) is 11.4 Å². The average molecular weight is 492 g/mol. The summed E-state index contributed by atoms with van der Waals surface area (Å²) in [6, 6.07) is 16.6. The molecule has 0 bridgehead atoms. The van der Waals surface area contributed by atoms with Gasteiger partial charge in [0.05, 0.1) is 5.02 Å². The molecule has 0 spiro atoms. The van der Waals surface area contributed by atoms with E-state index in [0.717, 1.165) is 22.3 Å². The number of aryl methyl sites for hydroxylation is 2. The average Bonchev–Trinajstić information content (AvgIpc) is 2.78. The van der Waals surface area contributed by atoms with E-state index in [-0.39, 0.29) is 18.0 Å². The molecular formula is C29H27ClFNO3. The molecule has 0 aliphatic rings. The molecule has 3 aromatic carbocycles. The number of carbonyl (C=O) groups excluding carboxylic acids is 2. The quantitative estimate of drug-likeness (QED) is 0.300. The molecule has 0 aliphatic heterocycles. The van der Waals surface area contributed by atoms with Crippen molar-refractivity contribution in [1.82, 2.24) is 0 Å². The molecule has 1 N–H and O–H groups in total. The lowest BCUT2D eigenvalue weighted by atomic mass is 9.98. The van der Waals surface area contributed by atoms with Crippen molar-refractivity contribution in [3.63, 3.8) is 0 Å². The van der Waals surface area contributed by atoms with Crippen molar-refractivity contribution in [2.45, 2.75) is 46.1 Å². The third kappa shape index (κ3) is 7.98. The molecule has 1 amide bonds. The standard InChI is InChI=1S/C29H27ClFNO3/c1-19-17-21(6-5-20-8-12-23(31)13-9-20)7-10-22(19)11-16-27(33)25-18-24(14-15-26(25)30)32-28(34)35-29(2,3)4/h7-10,12-15,17-18H,11,16H2,1-4H3,(H,32,34). The molecule has 0 radical (unpaired) electrons. The van der Waals surface area contributed by atoms with Crippen LogP contribution >= 0.6 is 11.6 Å².